The molecule has 0 aliphatic heterocycles. The second-order valence-electron chi connectivity index (χ2n) is 4.74. The van der Waals surface area contributed by atoms with Gasteiger partial charge in [-0.3, -0.25) is 9.88 Å². The van der Waals surface area contributed by atoms with Gasteiger partial charge in [-0.1, -0.05) is 35.9 Å². The number of nitrogens with zero attached hydrogens (tertiary/aromatic N) is 1. The van der Waals surface area contributed by atoms with Gasteiger partial charge < -0.3 is 9.79 Å². The number of nitriles is 1. The van der Waals surface area contributed by atoms with Crippen LogP contribution < -0.4 is 5.32 Å². The first-order chi connectivity index (χ1) is 10.4. The fourth-order valence-corrected chi connectivity index (χ4v) is 3.16. The molecule has 0 amide bonds. The van der Waals surface area contributed by atoms with Gasteiger partial charge in [0.2, 0.25) is 0 Å². The molecule has 0 aromatic heterocycles. The van der Waals surface area contributed by atoms with Crippen LogP contribution in [0.15, 0.2) is 48.5 Å². The van der Waals surface area contributed by atoms with Crippen molar-refractivity contribution in [3.8, 4) is 6.07 Å². The summed E-state index contributed by atoms with van der Waals surface area (Å²) >= 11 is 5.89. The normalized spacial score (nSPS) is 12.6. The van der Waals surface area contributed by atoms with E-state index in [4.69, 9.17) is 16.9 Å². The van der Waals surface area contributed by atoms with E-state index in [0.29, 0.717) is 16.1 Å². The molecule has 114 valence electrons. The Labute approximate surface area is 133 Å². The molecule has 0 saturated heterocycles. The van der Waals surface area contributed by atoms with E-state index in [0.717, 1.165) is 5.56 Å². The van der Waals surface area contributed by atoms with Gasteiger partial charge in [0, 0.05) is 11.6 Å². The first kappa shape index (κ1) is 16.7. The monoisotopic (exact) mass is 336 g/mol. The van der Waals surface area contributed by atoms with Gasteiger partial charge in [0.15, 0.2) is 0 Å². The first-order valence-corrected chi connectivity index (χ1v) is 8.49. The number of rotatable bonds is 5. The third-order valence-electron chi connectivity index (χ3n) is 3.06. The zero-order chi connectivity index (χ0) is 16.2. The highest BCUT2D eigenvalue weighted by molar-refractivity contribution is 7.52. The van der Waals surface area contributed by atoms with Crippen LogP contribution in [0, 0.1) is 11.3 Å². The largest absolute Gasteiger partial charge is 0.346 e. The lowest BCUT2D eigenvalue weighted by atomic mass is 10.1. The quantitative estimate of drug-likeness (QED) is 0.729. The average molecular weight is 337 g/mol. The van der Waals surface area contributed by atoms with Gasteiger partial charge in [-0.25, -0.2) is 0 Å². The lowest BCUT2D eigenvalue weighted by molar-refractivity contribution is 0.347. The molecule has 0 fully saturated rings. The summed E-state index contributed by atoms with van der Waals surface area (Å²) in [5.74, 6) is -1.18. The summed E-state index contributed by atoms with van der Waals surface area (Å²) in [6, 6.07) is 15.2. The Morgan fingerprint density at radius 3 is 2.59 bits per heavy atom. The minimum atomic E-state index is -4.43. The van der Waals surface area contributed by atoms with Crippen LogP contribution in [0.2, 0.25) is 5.02 Å². The molecule has 0 bridgehead atoms. The molecule has 2 rings (SSSR count). The van der Waals surface area contributed by atoms with Gasteiger partial charge in [0.05, 0.1) is 11.6 Å². The van der Waals surface area contributed by atoms with E-state index < -0.39 is 13.4 Å². The molecule has 2 aromatic rings. The summed E-state index contributed by atoms with van der Waals surface area (Å²) in [6.07, 6.45) is 0. The highest BCUT2D eigenvalue weighted by Crippen LogP contribution is 2.50. The van der Waals surface area contributed by atoms with Gasteiger partial charge in [0.1, 0.15) is 5.78 Å². The third kappa shape index (κ3) is 4.41. The Morgan fingerprint density at radius 1 is 1.23 bits per heavy atom. The molecule has 7 heteroatoms. The van der Waals surface area contributed by atoms with E-state index in [9.17, 15) is 14.4 Å². The highest BCUT2D eigenvalue weighted by atomic mass is 35.5. The summed E-state index contributed by atoms with van der Waals surface area (Å²) in [7, 11) is -4.43. The molecular formula is C15H14ClN2O3P. The maximum absolute atomic E-state index is 11.7. The average Bonchev–Trinajstić information content (AvgIpc) is 2.46. The Balaban J connectivity index is 2.24. The van der Waals surface area contributed by atoms with E-state index in [1.807, 2.05) is 6.07 Å². The van der Waals surface area contributed by atoms with Crippen LogP contribution in [0.25, 0.3) is 0 Å². The summed E-state index contributed by atoms with van der Waals surface area (Å²) in [5, 5.41) is 12.3. The van der Waals surface area contributed by atoms with Gasteiger partial charge in [-0.2, -0.15) is 5.26 Å². The van der Waals surface area contributed by atoms with Crippen LogP contribution in [-0.4, -0.2) is 9.79 Å². The molecule has 1 unspecified atom stereocenters. The number of halogens is 1. The van der Waals surface area contributed by atoms with Crippen molar-refractivity contribution in [3.05, 3.63) is 70.2 Å². The van der Waals surface area contributed by atoms with Crippen molar-refractivity contribution < 1.29 is 14.4 Å². The van der Waals surface area contributed by atoms with Crippen molar-refractivity contribution >= 4 is 19.2 Å². The molecular weight excluding hydrogens is 323 g/mol. The summed E-state index contributed by atoms with van der Waals surface area (Å²) < 4.78 is 11.7. The van der Waals surface area contributed by atoms with Crippen molar-refractivity contribution in [3.63, 3.8) is 0 Å². The Bertz CT molecular complexity index is 754. The molecule has 0 aliphatic rings. The minimum absolute atomic E-state index is 0.243. The molecule has 5 nitrogen and oxygen atoms in total. The second-order valence-corrected chi connectivity index (χ2v) is 6.87. The van der Waals surface area contributed by atoms with Crippen LogP contribution in [0.4, 0.5) is 0 Å². The smallest absolute Gasteiger partial charge is 0.323 e. The molecule has 0 saturated carbocycles. The lowest BCUT2D eigenvalue weighted by Crippen LogP contribution is -2.21. The maximum Gasteiger partial charge on any atom is 0.346 e. The standard InChI is InChI=1S/C15H14ClN2O3P/c16-14-6-2-4-12(8-14)10-18-15(22(19,20)21)13-5-1-3-11(7-13)9-17/h1-8,15,18H,10H2,(H2,19,20,21). The molecule has 1 atom stereocenters. The second kappa shape index (κ2) is 7.06. The van der Waals surface area contributed by atoms with Gasteiger partial charge in [-0.05, 0) is 35.4 Å². The van der Waals surface area contributed by atoms with Gasteiger partial charge in [-0.15, -0.1) is 0 Å². The van der Waals surface area contributed by atoms with Crippen LogP contribution in [-0.2, 0) is 11.1 Å². The topological polar surface area (TPSA) is 93.4 Å². The van der Waals surface area contributed by atoms with Gasteiger partial charge in [0.25, 0.3) is 0 Å². The zero-order valence-electron chi connectivity index (χ0n) is 11.5. The summed E-state index contributed by atoms with van der Waals surface area (Å²) in [6.45, 7) is 0.243. The molecule has 2 aromatic carbocycles. The van der Waals surface area contributed by atoms with E-state index >= 15 is 0 Å². The molecule has 3 N–H and O–H groups in total. The van der Waals surface area contributed by atoms with E-state index in [2.05, 4.69) is 5.32 Å². The Morgan fingerprint density at radius 2 is 1.95 bits per heavy atom. The van der Waals surface area contributed by atoms with Crippen molar-refractivity contribution in [2.24, 2.45) is 0 Å². The first-order valence-electron chi connectivity index (χ1n) is 6.43. The Hall–Kier alpha value is -1.67. The van der Waals surface area contributed by atoms with Crippen molar-refractivity contribution in [1.82, 2.24) is 5.32 Å². The molecule has 0 heterocycles. The number of nitrogens with one attached hydrogen (secondary N) is 1. The van der Waals surface area contributed by atoms with Crippen molar-refractivity contribution in [2.45, 2.75) is 12.3 Å². The van der Waals surface area contributed by atoms with Crippen LogP contribution in [0.3, 0.4) is 0 Å². The predicted octanol–water partition coefficient (Wildman–Crippen LogP) is 3.18. The lowest BCUT2D eigenvalue weighted by Gasteiger charge is -2.20. The minimum Gasteiger partial charge on any atom is -0.323 e. The molecule has 0 spiro atoms. The number of hydrogen-bond acceptors (Lipinski definition) is 3. The van der Waals surface area contributed by atoms with Crippen molar-refractivity contribution in [2.75, 3.05) is 0 Å². The van der Waals surface area contributed by atoms with Crippen LogP contribution >= 0.6 is 19.2 Å². The fourth-order valence-electron chi connectivity index (χ4n) is 2.07. The summed E-state index contributed by atoms with van der Waals surface area (Å²) in [4.78, 5) is 19.1. The predicted molar refractivity (Wildman–Crippen MR) is 84.2 cm³/mol. The zero-order valence-corrected chi connectivity index (χ0v) is 13.1. The van der Waals surface area contributed by atoms with E-state index in [1.165, 1.54) is 6.07 Å². The third-order valence-corrected chi connectivity index (χ3v) is 4.44. The van der Waals surface area contributed by atoms with Gasteiger partial charge >= 0.3 is 7.60 Å². The van der Waals surface area contributed by atoms with Crippen molar-refractivity contribution in [1.29, 1.82) is 5.26 Å². The maximum atomic E-state index is 11.7. The van der Waals surface area contributed by atoms with Crippen LogP contribution in [0.1, 0.15) is 22.5 Å². The summed E-state index contributed by atoms with van der Waals surface area (Å²) in [5.41, 5.74) is 1.53. The van der Waals surface area contributed by atoms with Crippen LogP contribution in [0.5, 0.6) is 0 Å². The SMILES string of the molecule is N#Cc1cccc(C(NCc2cccc(Cl)c2)P(=O)(O)O)c1. The molecule has 22 heavy (non-hydrogen) atoms. The van der Waals surface area contributed by atoms with E-state index in [-0.39, 0.29) is 6.54 Å². The highest BCUT2D eigenvalue weighted by Gasteiger charge is 2.30. The Kier molecular flexibility index (Phi) is 5.36. The number of benzene rings is 2. The molecule has 0 aliphatic carbocycles. The fraction of sp³-hybridized carbons (Fsp3) is 0.133. The molecule has 0 radical (unpaired) electrons. The van der Waals surface area contributed by atoms with E-state index in [1.54, 1.807) is 42.5 Å². The number of hydrogen-bond donors (Lipinski definition) is 3.